The van der Waals surface area contributed by atoms with Crippen molar-refractivity contribution in [2.45, 2.75) is 23.7 Å². The van der Waals surface area contributed by atoms with Crippen LogP contribution in [0.15, 0.2) is 59.5 Å². The lowest BCUT2D eigenvalue weighted by molar-refractivity contribution is -0.124. The van der Waals surface area contributed by atoms with Crippen molar-refractivity contribution in [3.63, 3.8) is 0 Å². The van der Waals surface area contributed by atoms with Gasteiger partial charge < -0.3 is 10.1 Å². The van der Waals surface area contributed by atoms with Crippen molar-refractivity contribution in [1.82, 2.24) is 0 Å². The molecule has 0 spiro atoms. The van der Waals surface area contributed by atoms with Crippen molar-refractivity contribution in [1.29, 1.82) is 0 Å². The third-order valence-electron chi connectivity index (χ3n) is 3.45. The van der Waals surface area contributed by atoms with Gasteiger partial charge in [-0.25, -0.2) is 8.42 Å². The molecule has 0 aliphatic rings. The largest absolute Gasteiger partial charge is 0.372 e. The second-order valence-corrected chi connectivity index (χ2v) is 7.09. The number of sulfone groups is 1. The molecule has 122 valence electrons. The maximum absolute atomic E-state index is 12.5. The highest BCUT2D eigenvalue weighted by Crippen LogP contribution is 2.22. The number of hydrogen-bond donors (Lipinski definition) is 1. The molecule has 5 nitrogen and oxygen atoms in total. The number of methoxy groups -OCH3 is 1. The minimum absolute atomic E-state index is 0.186. The summed E-state index contributed by atoms with van der Waals surface area (Å²) < 4.78 is 29.9. The first-order valence-corrected chi connectivity index (χ1v) is 8.78. The molecule has 0 saturated carbocycles. The van der Waals surface area contributed by atoms with Gasteiger partial charge in [-0.2, -0.15) is 0 Å². The normalized spacial score (nSPS) is 12.6. The third kappa shape index (κ3) is 4.40. The molecule has 1 atom stereocenters. The summed E-state index contributed by atoms with van der Waals surface area (Å²) in [6, 6.07) is 15.1. The fourth-order valence-corrected chi connectivity index (χ4v) is 3.43. The number of benzene rings is 2. The average molecular weight is 333 g/mol. The number of amides is 1. The Morgan fingerprint density at radius 2 is 1.70 bits per heavy atom. The molecule has 0 saturated heterocycles. The Morgan fingerprint density at radius 1 is 1.09 bits per heavy atom. The lowest BCUT2D eigenvalue weighted by Gasteiger charge is -2.14. The van der Waals surface area contributed by atoms with Gasteiger partial charge in [0.1, 0.15) is 6.10 Å². The van der Waals surface area contributed by atoms with Gasteiger partial charge in [-0.05, 0) is 30.7 Å². The zero-order valence-electron chi connectivity index (χ0n) is 13.0. The topological polar surface area (TPSA) is 72.5 Å². The summed E-state index contributed by atoms with van der Waals surface area (Å²) in [6.45, 7) is 1.62. The van der Waals surface area contributed by atoms with E-state index in [1.807, 2.05) is 0 Å². The number of hydrogen-bond acceptors (Lipinski definition) is 4. The van der Waals surface area contributed by atoms with Crippen molar-refractivity contribution >= 4 is 21.4 Å². The summed E-state index contributed by atoms with van der Waals surface area (Å²) in [5.74, 6) is -0.508. The van der Waals surface area contributed by atoms with E-state index in [9.17, 15) is 13.2 Å². The van der Waals surface area contributed by atoms with Gasteiger partial charge in [0.25, 0.3) is 5.91 Å². The van der Waals surface area contributed by atoms with Crippen LogP contribution >= 0.6 is 0 Å². The van der Waals surface area contributed by atoms with Gasteiger partial charge in [-0.1, -0.05) is 36.4 Å². The molecule has 0 heterocycles. The summed E-state index contributed by atoms with van der Waals surface area (Å²) in [5.41, 5.74) is 1.01. The second kappa shape index (κ2) is 7.39. The molecule has 2 aromatic carbocycles. The van der Waals surface area contributed by atoms with Crippen molar-refractivity contribution in [3.8, 4) is 0 Å². The predicted molar refractivity (Wildman–Crippen MR) is 88.9 cm³/mol. The molecule has 1 amide bonds. The summed E-state index contributed by atoms with van der Waals surface area (Å²) in [6.07, 6.45) is -0.617. The average Bonchev–Trinajstić information content (AvgIpc) is 2.56. The summed E-state index contributed by atoms with van der Waals surface area (Å²) in [4.78, 5) is 12.2. The van der Waals surface area contributed by atoms with Gasteiger partial charge in [0.2, 0.25) is 0 Å². The Morgan fingerprint density at radius 3 is 2.35 bits per heavy atom. The van der Waals surface area contributed by atoms with Gasteiger partial charge in [0, 0.05) is 12.8 Å². The molecule has 0 bridgehead atoms. The maximum Gasteiger partial charge on any atom is 0.253 e. The molecule has 0 aromatic heterocycles. The van der Waals surface area contributed by atoms with E-state index in [0.717, 1.165) is 0 Å². The molecule has 0 fully saturated rings. The first-order chi connectivity index (χ1) is 10.9. The molecule has 0 radical (unpaired) electrons. The Labute approximate surface area is 136 Å². The zero-order valence-corrected chi connectivity index (χ0v) is 13.8. The number of carbonyl (C=O) groups is 1. The zero-order chi connectivity index (χ0) is 16.9. The van der Waals surface area contributed by atoms with Crippen LogP contribution in [0.3, 0.4) is 0 Å². The second-order valence-electron chi connectivity index (χ2n) is 5.10. The van der Waals surface area contributed by atoms with E-state index in [1.165, 1.54) is 7.11 Å². The molecule has 2 aromatic rings. The lowest BCUT2D eigenvalue weighted by Crippen LogP contribution is -2.27. The number of rotatable bonds is 6. The minimum atomic E-state index is -3.48. The highest BCUT2D eigenvalue weighted by Gasteiger charge is 2.19. The number of nitrogens with one attached hydrogen (secondary N) is 1. The van der Waals surface area contributed by atoms with Crippen LogP contribution in [-0.2, 0) is 25.1 Å². The minimum Gasteiger partial charge on any atom is -0.372 e. The molecule has 23 heavy (non-hydrogen) atoms. The van der Waals surface area contributed by atoms with E-state index in [2.05, 4.69) is 5.32 Å². The van der Waals surface area contributed by atoms with Gasteiger partial charge in [0.15, 0.2) is 9.84 Å². The molecule has 0 aliphatic carbocycles. The van der Waals surface area contributed by atoms with Crippen LogP contribution in [0.1, 0.15) is 12.5 Å². The fraction of sp³-hybridized carbons (Fsp3) is 0.235. The van der Waals surface area contributed by atoms with Gasteiger partial charge in [-0.3, -0.25) is 4.79 Å². The Balaban J connectivity index is 2.26. The van der Waals surface area contributed by atoms with E-state index in [1.54, 1.807) is 61.5 Å². The van der Waals surface area contributed by atoms with Crippen LogP contribution in [0.5, 0.6) is 0 Å². The van der Waals surface area contributed by atoms with Gasteiger partial charge >= 0.3 is 0 Å². The van der Waals surface area contributed by atoms with Crippen molar-refractivity contribution in [3.05, 3.63) is 60.2 Å². The quantitative estimate of drug-likeness (QED) is 0.882. The standard InChI is InChI=1S/C17H19NO4S/c1-13(22-2)17(19)18-16-11-7-6-8-14(16)12-23(20,21)15-9-4-3-5-10-15/h3-11,13H,12H2,1-2H3,(H,18,19)/t13-/m0/s1. The number of anilines is 1. The van der Waals surface area contributed by atoms with Crippen LogP contribution < -0.4 is 5.32 Å². The highest BCUT2D eigenvalue weighted by atomic mass is 32.2. The SMILES string of the molecule is CO[C@@H](C)C(=O)Nc1ccccc1CS(=O)(=O)c1ccccc1. The summed E-state index contributed by atoms with van der Waals surface area (Å²) in [5, 5.41) is 2.71. The number of para-hydroxylation sites is 1. The number of ether oxygens (including phenoxy) is 1. The van der Waals surface area contributed by atoms with Crippen molar-refractivity contribution < 1.29 is 17.9 Å². The Bertz CT molecular complexity index is 772. The third-order valence-corrected chi connectivity index (χ3v) is 5.13. The summed E-state index contributed by atoms with van der Waals surface area (Å²) >= 11 is 0. The maximum atomic E-state index is 12.5. The monoisotopic (exact) mass is 333 g/mol. The van der Waals surface area contributed by atoms with Crippen LogP contribution in [-0.4, -0.2) is 27.5 Å². The first-order valence-electron chi connectivity index (χ1n) is 7.13. The van der Waals surface area contributed by atoms with E-state index in [0.29, 0.717) is 11.3 Å². The van der Waals surface area contributed by atoms with E-state index in [4.69, 9.17) is 4.74 Å². The summed E-state index contributed by atoms with van der Waals surface area (Å²) in [7, 11) is -2.04. The molecular formula is C17H19NO4S. The van der Waals surface area contributed by atoms with Gasteiger partial charge in [0.05, 0.1) is 10.6 Å². The Kier molecular flexibility index (Phi) is 5.52. The lowest BCUT2D eigenvalue weighted by atomic mass is 10.2. The predicted octanol–water partition coefficient (Wildman–Crippen LogP) is 2.63. The molecule has 1 N–H and O–H groups in total. The molecule has 0 aliphatic heterocycles. The van der Waals surface area contributed by atoms with Crippen LogP contribution in [0, 0.1) is 0 Å². The van der Waals surface area contributed by atoms with E-state index in [-0.39, 0.29) is 16.6 Å². The van der Waals surface area contributed by atoms with Crippen molar-refractivity contribution in [2.75, 3.05) is 12.4 Å². The van der Waals surface area contributed by atoms with Crippen molar-refractivity contribution in [2.24, 2.45) is 0 Å². The fourth-order valence-electron chi connectivity index (χ4n) is 2.03. The van der Waals surface area contributed by atoms with Crippen LogP contribution in [0.2, 0.25) is 0 Å². The molecule has 0 unspecified atom stereocenters. The first kappa shape index (κ1) is 17.2. The number of carbonyl (C=O) groups excluding carboxylic acids is 1. The highest BCUT2D eigenvalue weighted by molar-refractivity contribution is 7.90. The van der Waals surface area contributed by atoms with E-state index < -0.39 is 15.9 Å². The molecular weight excluding hydrogens is 314 g/mol. The van der Waals surface area contributed by atoms with E-state index >= 15 is 0 Å². The van der Waals surface area contributed by atoms with Crippen LogP contribution in [0.4, 0.5) is 5.69 Å². The smallest absolute Gasteiger partial charge is 0.253 e. The van der Waals surface area contributed by atoms with Crippen LogP contribution in [0.25, 0.3) is 0 Å². The van der Waals surface area contributed by atoms with Gasteiger partial charge in [-0.15, -0.1) is 0 Å². The molecule has 2 rings (SSSR count). The molecule has 6 heteroatoms. The Hall–Kier alpha value is -2.18.